The summed E-state index contributed by atoms with van der Waals surface area (Å²) >= 11 is 5.96. The summed E-state index contributed by atoms with van der Waals surface area (Å²) in [6, 6.07) is 14.1. The van der Waals surface area contributed by atoms with Crippen LogP contribution in [-0.2, 0) is 5.41 Å². The van der Waals surface area contributed by atoms with Crippen molar-refractivity contribution in [2.75, 3.05) is 0 Å². The second-order valence-corrected chi connectivity index (χ2v) is 16.8. The first-order valence-electron chi connectivity index (χ1n) is 14.5. The van der Waals surface area contributed by atoms with Crippen LogP contribution in [0.25, 0.3) is 19.5 Å². The van der Waals surface area contributed by atoms with Crippen LogP contribution in [0.2, 0.25) is 0 Å². The van der Waals surface area contributed by atoms with Crippen molar-refractivity contribution in [1.29, 1.82) is 0 Å². The Balaban J connectivity index is 1.04. The zero-order chi connectivity index (χ0) is 25.0. The smallest absolute Gasteiger partial charge is 0.0449 e. The minimum atomic E-state index is 0.232. The van der Waals surface area contributed by atoms with Gasteiger partial charge >= 0.3 is 0 Å². The standard InChI is InChI=1S/C33H44S3/c1-20-17-25-18-24(20)19-26(25)23-8-6-22(7-9-23)16-21(2)27-10-11-28(34-27)29-12-13-30(35-29)31-14-15-32(36-31)33(3,4)5/h10-15,20-26H,6-9,16-19H2,1-5H3. The topological polar surface area (TPSA) is 0 Å². The molecule has 5 atom stereocenters. The van der Waals surface area contributed by atoms with E-state index in [9.17, 15) is 0 Å². The van der Waals surface area contributed by atoms with Crippen molar-refractivity contribution < 1.29 is 0 Å². The van der Waals surface area contributed by atoms with Gasteiger partial charge in [-0.15, -0.1) is 34.0 Å². The predicted molar refractivity (Wildman–Crippen MR) is 162 cm³/mol. The molecule has 0 spiro atoms. The summed E-state index contributed by atoms with van der Waals surface area (Å²) in [6.45, 7) is 11.9. The van der Waals surface area contributed by atoms with E-state index < -0.39 is 0 Å². The monoisotopic (exact) mass is 536 g/mol. The van der Waals surface area contributed by atoms with Gasteiger partial charge in [-0.05, 0) is 122 Å². The largest absolute Gasteiger partial charge is 0.139 e. The fourth-order valence-electron chi connectivity index (χ4n) is 7.88. The number of hydrogen-bond acceptors (Lipinski definition) is 3. The van der Waals surface area contributed by atoms with E-state index in [1.165, 1.54) is 56.5 Å². The molecule has 0 aromatic carbocycles. The van der Waals surface area contributed by atoms with Gasteiger partial charge in [0, 0.05) is 29.3 Å². The van der Waals surface area contributed by atoms with Crippen molar-refractivity contribution in [3.05, 3.63) is 46.2 Å². The molecule has 36 heavy (non-hydrogen) atoms. The minimum absolute atomic E-state index is 0.232. The first kappa shape index (κ1) is 25.4. The van der Waals surface area contributed by atoms with Crippen molar-refractivity contribution in [3.8, 4) is 19.5 Å². The zero-order valence-electron chi connectivity index (χ0n) is 22.9. The molecule has 0 saturated heterocycles. The van der Waals surface area contributed by atoms with Gasteiger partial charge in [0.15, 0.2) is 0 Å². The summed E-state index contributed by atoms with van der Waals surface area (Å²) in [5.74, 6) is 6.99. The van der Waals surface area contributed by atoms with Crippen LogP contribution in [0.5, 0.6) is 0 Å². The Hall–Kier alpha value is -0.900. The van der Waals surface area contributed by atoms with Gasteiger partial charge in [-0.2, -0.15) is 0 Å². The Morgan fingerprint density at radius 2 is 1.36 bits per heavy atom. The predicted octanol–water partition coefficient (Wildman–Crippen LogP) is 11.5. The molecule has 3 aliphatic carbocycles. The van der Waals surface area contributed by atoms with Crippen LogP contribution in [0, 0.1) is 35.5 Å². The van der Waals surface area contributed by atoms with Crippen molar-refractivity contribution in [2.45, 2.75) is 97.3 Å². The summed E-state index contributed by atoms with van der Waals surface area (Å²) < 4.78 is 0. The number of hydrogen-bond donors (Lipinski definition) is 0. The van der Waals surface area contributed by atoms with Gasteiger partial charge in [0.05, 0.1) is 0 Å². The number of thiophene rings is 3. The number of rotatable bonds is 6. The summed E-state index contributed by atoms with van der Waals surface area (Å²) in [6.07, 6.45) is 12.1. The lowest BCUT2D eigenvalue weighted by Gasteiger charge is -2.37. The molecular formula is C33H44S3. The maximum Gasteiger partial charge on any atom is 0.0449 e. The lowest BCUT2D eigenvalue weighted by molar-refractivity contribution is 0.134. The Morgan fingerprint density at radius 1 is 0.722 bits per heavy atom. The van der Waals surface area contributed by atoms with Crippen LogP contribution in [0.3, 0.4) is 0 Å². The van der Waals surface area contributed by atoms with Crippen LogP contribution in [0.15, 0.2) is 36.4 Å². The van der Waals surface area contributed by atoms with Crippen LogP contribution >= 0.6 is 34.0 Å². The molecule has 0 N–H and O–H groups in total. The maximum atomic E-state index is 2.51. The molecule has 3 saturated carbocycles. The molecule has 0 nitrogen and oxygen atoms in total. The Labute approximate surface area is 231 Å². The van der Waals surface area contributed by atoms with Gasteiger partial charge in [-0.3, -0.25) is 0 Å². The van der Waals surface area contributed by atoms with Crippen molar-refractivity contribution in [3.63, 3.8) is 0 Å². The van der Waals surface area contributed by atoms with Gasteiger partial charge in [-0.1, -0.05) is 47.5 Å². The summed E-state index contributed by atoms with van der Waals surface area (Å²) in [5.41, 5.74) is 0.232. The third-order valence-electron chi connectivity index (χ3n) is 10.00. The molecule has 5 unspecified atom stereocenters. The molecule has 3 heterocycles. The molecule has 3 fully saturated rings. The third-order valence-corrected chi connectivity index (χ3v) is 14.3. The molecular weight excluding hydrogens is 493 g/mol. The molecule has 194 valence electrons. The minimum Gasteiger partial charge on any atom is -0.139 e. The lowest BCUT2D eigenvalue weighted by Crippen LogP contribution is -2.27. The average molecular weight is 537 g/mol. The normalized spacial score (nSPS) is 31.2. The molecule has 0 radical (unpaired) electrons. The van der Waals surface area contributed by atoms with Crippen molar-refractivity contribution >= 4 is 34.0 Å². The van der Waals surface area contributed by atoms with Gasteiger partial charge in [0.2, 0.25) is 0 Å². The average Bonchev–Trinajstić information content (AvgIpc) is 3.66. The van der Waals surface area contributed by atoms with Gasteiger partial charge in [0.1, 0.15) is 0 Å². The Bertz CT molecular complexity index is 1160. The van der Waals surface area contributed by atoms with Crippen molar-refractivity contribution in [2.24, 2.45) is 35.5 Å². The fraction of sp³-hybridized carbons (Fsp3) is 0.636. The van der Waals surface area contributed by atoms with Crippen LogP contribution in [-0.4, -0.2) is 0 Å². The first-order valence-corrected chi connectivity index (χ1v) is 17.0. The van der Waals surface area contributed by atoms with Crippen molar-refractivity contribution in [1.82, 2.24) is 0 Å². The summed E-state index contributed by atoms with van der Waals surface area (Å²) in [7, 11) is 0. The first-order chi connectivity index (χ1) is 17.2. The van der Waals surface area contributed by atoms with E-state index in [0.717, 1.165) is 35.5 Å². The van der Waals surface area contributed by atoms with E-state index in [2.05, 4.69) is 71.0 Å². The molecule has 3 aromatic heterocycles. The molecule has 0 aliphatic heterocycles. The SMILES string of the molecule is CC(CC1CCC(C2CC3CC2CC3C)CC1)c1ccc(-c2ccc(-c3ccc(C(C)(C)C)s3)s2)s1. The highest BCUT2D eigenvalue weighted by molar-refractivity contribution is 7.26. The second kappa shape index (κ2) is 10.0. The number of fused-ring (bicyclic) bond motifs is 2. The van der Waals surface area contributed by atoms with E-state index >= 15 is 0 Å². The van der Waals surface area contributed by atoms with E-state index in [1.807, 2.05) is 34.0 Å². The second-order valence-electron chi connectivity index (χ2n) is 13.6. The van der Waals surface area contributed by atoms with Crippen LogP contribution < -0.4 is 0 Å². The molecule has 6 rings (SSSR count). The molecule has 0 amide bonds. The lowest BCUT2D eigenvalue weighted by atomic mass is 9.68. The van der Waals surface area contributed by atoms with Gasteiger partial charge in [0.25, 0.3) is 0 Å². The Kier molecular flexibility index (Phi) is 7.06. The zero-order valence-corrected chi connectivity index (χ0v) is 25.3. The van der Waals surface area contributed by atoms with E-state index in [1.54, 1.807) is 24.1 Å². The van der Waals surface area contributed by atoms with Gasteiger partial charge in [-0.25, -0.2) is 0 Å². The maximum absolute atomic E-state index is 2.51. The summed E-state index contributed by atoms with van der Waals surface area (Å²) in [5, 5.41) is 0. The van der Waals surface area contributed by atoms with Crippen LogP contribution in [0.4, 0.5) is 0 Å². The highest BCUT2D eigenvalue weighted by Crippen LogP contribution is 2.56. The summed E-state index contributed by atoms with van der Waals surface area (Å²) in [4.78, 5) is 8.77. The molecule has 3 aromatic rings. The van der Waals surface area contributed by atoms with Crippen LogP contribution in [0.1, 0.15) is 102 Å². The quantitative estimate of drug-likeness (QED) is 0.294. The highest BCUT2D eigenvalue weighted by Gasteiger charge is 2.46. The van der Waals surface area contributed by atoms with Gasteiger partial charge < -0.3 is 0 Å². The van der Waals surface area contributed by atoms with E-state index in [4.69, 9.17) is 0 Å². The molecule has 3 aliphatic rings. The van der Waals surface area contributed by atoms with E-state index in [0.29, 0.717) is 5.92 Å². The molecule has 2 bridgehead atoms. The van der Waals surface area contributed by atoms with E-state index in [-0.39, 0.29) is 5.41 Å². The fourth-order valence-corrected chi connectivity index (χ4v) is 11.2. The Morgan fingerprint density at radius 3 is 1.97 bits per heavy atom. The highest BCUT2D eigenvalue weighted by atomic mass is 32.1. The molecule has 3 heteroatoms. The third kappa shape index (κ3) is 5.06.